The molecule has 0 unspecified atom stereocenters. The van der Waals surface area contributed by atoms with E-state index in [0.717, 1.165) is 33.8 Å². The minimum absolute atomic E-state index is 1.09. The van der Waals surface area contributed by atoms with Crippen molar-refractivity contribution in [2.24, 2.45) is 0 Å². The average Bonchev–Trinajstić information content (AvgIpc) is 3.35. The maximum atomic E-state index is 2.44. The SMILES string of the molecule is c1ccc(-c2ccc(N(c3ccc4c5ccccc5c5ccccc5c4c3)c3ccc(-c4cc(-c5ccccc5)cc(-c5ccccc5)c4)cc3-c3ccccc3)cc2)cc1. The van der Waals surface area contributed by atoms with E-state index in [1.807, 2.05) is 0 Å². The molecule has 1 heteroatoms. The van der Waals surface area contributed by atoms with E-state index < -0.39 is 0 Å². The fourth-order valence-electron chi connectivity index (χ4n) is 9.04. The Morgan fingerprint density at radius 1 is 0.197 bits per heavy atom. The van der Waals surface area contributed by atoms with Crippen molar-refractivity contribution in [3.8, 4) is 55.6 Å². The highest BCUT2D eigenvalue weighted by molar-refractivity contribution is 6.25. The molecule has 1 nitrogen and oxygen atoms in total. The molecule has 0 N–H and O–H groups in total. The second-order valence-electron chi connectivity index (χ2n) is 15.7. The van der Waals surface area contributed by atoms with Crippen LogP contribution in [0.15, 0.2) is 249 Å². The molecule has 0 radical (unpaired) electrons. The summed E-state index contributed by atoms with van der Waals surface area (Å²) < 4.78 is 0. The second-order valence-corrected chi connectivity index (χ2v) is 15.7. The van der Waals surface area contributed by atoms with E-state index in [0.29, 0.717) is 0 Å². The zero-order chi connectivity index (χ0) is 40.5. The van der Waals surface area contributed by atoms with Gasteiger partial charge in [-0.05, 0) is 137 Å². The molecule has 0 aliphatic heterocycles. The fourth-order valence-corrected chi connectivity index (χ4v) is 9.04. The molecule has 11 aromatic carbocycles. The van der Waals surface area contributed by atoms with Gasteiger partial charge in [0.05, 0.1) is 5.69 Å². The first kappa shape index (κ1) is 36.1. The van der Waals surface area contributed by atoms with Crippen molar-refractivity contribution in [2.45, 2.75) is 0 Å². The third-order valence-electron chi connectivity index (χ3n) is 12.0. The van der Waals surface area contributed by atoms with Crippen LogP contribution in [0.4, 0.5) is 17.1 Å². The van der Waals surface area contributed by atoms with Crippen LogP contribution in [0.2, 0.25) is 0 Å². The summed E-state index contributed by atoms with van der Waals surface area (Å²) >= 11 is 0. The van der Waals surface area contributed by atoms with Gasteiger partial charge in [-0.25, -0.2) is 0 Å². The van der Waals surface area contributed by atoms with E-state index in [1.54, 1.807) is 0 Å². The fraction of sp³-hybridized carbons (Fsp3) is 0. The molecule has 0 atom stereocenters. The van der Waals surface area contributed by atoms with Crippen molar-refractivity contribution in [1.29, 1.82) is 0 Å². The lowest BCUT2D eigenvalue weighted by Gasteiger charge is -2.29. The molecule has 0 aromatic heterocycles. The molecule has 0 heterocycles. The Kier molecular flexibility index (Phi) is 9.26. The van der Waals surface area contributed by atoms with E-state index in [-0.39, 0.29) is 0 Å². The zero-order valence-corrected chi connectivity index (χ0v) is 33.6. The van der Waals surface area contributed by atoms with Gasteiger partial charge < -0.3 is 4.90 Å². The first-order chi connectivity index (χ1) is 30.2. The Morgan fingerprint density at radius 2 is 0.557 bits per heavy atom. The molecule has 0 spiro atoms. The van der Waals surface area contributed by atoms with Gasteiger partial charge in [-0.1, -0.05) is 194 Å². The van der Waals surface area contributed by atoms with E-state index in [2.05, 4.69) is 254 Å². The van der Waals surface area contributed by atoms with Gasteiger partial charge in [0.25, 0.3) is 0 Å². The van der Waals surface area contributed by atoms with Gasteiger partial charge in [0, 0.05) is 16.9 Å². The summed E-state index contributed by atoms with van der Waals surface area (Å²) in [7, 11) is 0. The summed E-state index contributed by atoms with van der Waals surface area (Å²) in [6.07, 6.45) is 0. The predicted molar refractivity (Wildman–Crippen MR) is 261 cm³/mol. The number of anilines is 3. The van der Waals surface area contributed by atoms with Crippen molar-refractivity contribution in [1.82, 2.24) is 0 Å². The molecule has 0 saturated carbocycles. The number of rotatable bonds is 8. The monoisotopic (exact) mass is 775 g/mol. The molecule has 0 bridgehead atoms. The average molecular weight is 776 g/mol. The molecule has 0 aliphatic carbocycles. The number of hydrogen-bond acceptors (Lipinski definition) is 1. The van der Waals surface area contributed by atoms with Crippen LogP contribution >= 0.6 is 0 Å². The second kappa shape index (κ2) is 15.6. The number of nitrogens with zero attached hydrogens (tertiary/aromatic N) is 1. The topological polar surface area (TPSA) is 3.24 Å². The highest BCUT2D eigenvalue weighted by atomic mass is 15.1. The molecule has 61 heavy (non-hydrogen) atoms. The highest BCUT2D eigenvalue weighted by Crippen LogP contribution is 2.46. The van der Waals surface area contributed by atoms with Gasteiger partial charge in [-0.2, -0.15) is 0 Å². The largest absolute Gasteiger partial charge is 0.310 e. The van der Waals surface area contributed by atoms with Crippen LogP contribution in [0.25, 0.3) is 88.0 Å². The summed E-state index contributed by atoms with van der Waals surface area (Å²) in [5.41, 5.74) is 15.1. The number of hydrogen-bond donors (Lipinski definition) is 0. The molecule has 11 rings (SSSR count). The normalized spacial score (nSPS) is 11.3. The van der Waals surface area contributed by atoms with Crippen molar-refractivity contribution < 1.29 is 0 Å². The molecule has 0 aliphatic rings. The van der Waals surface area contributed by atoms with Crippen LogP contribution in [0.3, 0.4) is 0 Å². The third-order valence-corrected chi connectivity index (χ3v) is 12.0. The molecule has 286 valence electrons. The van der Waals surface area contributed by atoms with E-state index >= 15 is 0 Å². The van der Waals surface area contributed by atoms with Crippen LogP contribution in [-0.4, -0.2) is 0 Å². The van der Waals surface area contributed by atoms with Crippen molar-refractivity contribution >= 4 is 49.4 Å². The van der Waals surface area contributed by atoms with Gasteiger partial charge >= 0.3 is 0 Å². The molecule has 0 saturated heterocycles. The Labute approximate surface area is 357 Å². The van der Waals surface area contributed by atoms with E-state index in [1.165, 1.54) is 71.3 Å². The molecule has 0 fully saturated rings. The highest BCUT2D eigenvalue weighted by Gasteiger charge is 2.21. The van der Waals surface area contributed by atoms with Gasteiger partial charge in [0.2, 0.25) is 0 Å². The van der Waals surface area contributed by atoms with Crippen LogP contribution in [0, 0.1) is 0 Å². The number of benzene rings is 11. The van der Waals surface area contributed by atoms with Gasteiger partial charge in [0.15, 0.2) is 0 Å². The summed E-state index contributed by atoms with van der Waals surface area (Å²) in [5, 5.41) is 7.56. The standard InChI is InChI=1S/C60H41N/c1-5-17-42(18-6-1)45-29-32-51(33-30-45)61(52-34-35-57-55-27-14-13-25-53(55)54-26-15-16-28-56(54)59(57)41-52)60-36-31-47(40-58(60)46-23-11-4-12-24-46)50-38-48(43-19-7-2-8-20-43)37-49(39-50)44-21-9-3-10-22-44/h1-41H. The zero-order valence-electron chi connectivity index (χ0n) is 33.6. The molecule has 0 amide bonds. The van der Waals surface area contributed by atoms with Crippen molar-refractivity contribution in [3.05, 3.63) is 249 Å². The van der Waals surface area contributed by atoms with Crippen LogP contribution < -0.4 is 4.90 Å². The smallest absolute Gasteiger partial charge is 0.0540 e. The predicted octanol–water partition coefficient (Wildman–Crippen LogP) is 17.0. The third kappa shape index (κ3) is 6.83. The maximum Gasteiger partial charge on any atom is 0.0540 e. The minimum atomic E-state index is 1.09. The van der Waals surface area contributed by atoms with E-state index in [4.69, 9.17) is 0 Å². The molecular weight excluding hydrogens is 735 g/mol. The van der Waals surface area contributed by atoms with Crippen LogP contribution in [0.5, 0.6) is 0 Å². The Morgan fingerprint density at radius 3 is 1.07 bits per heavy atom. The Balaban J connectivity index is 1.14. The Bertz CT molecular complexity index is 3230. The summed E-state index contributed by atoms with van der Waals surface area (Å²) in [6.45, 7) is 0. The lowest BCUT2D eigenvalue weighted by molar-refractivity contribution is 1.29. The summed E-state index contributed by atoms with van der Waals surface area (Å²) in [4.78, 5) is 2.44. The first-order valence-corrected chi connectivity index (χ1v) is 21.0. The van der Waals surface area contributed by atoms with Crippen molar-refractivity contribution in [3.63, 3.8) is 0 Å². The lowest BCUT2D eigenvalue weighted by atomic mass is 9.91. The van der Waals surface area contributed by atoms with Gasteiger partial charge in [0.1, 0.15) is 0 Å². The van der Waals surface area contributed by atoms with Crippen LogP contribution in [-0.2, 0) is 0 Å². The first-order valence-electron chi connectivity index (χ1n) is 21.0. The lowest BCUT2D eigenvalue weighted by Crippen LogP contribution is -2.11. The van der Waals surface area contributed by atoms with E-state index in [9.17, 15) is 0 Å². The van der Waals surface area contributed by atoms with Crippen molar-refractivity contribution in [2.75, 3.05) is 4.90 Å². The van der Waals surface area contributed by atoms with Gasteiger partial charge in [-0.15, -0.1) is 0 Å². The van der Waals surface area contributed by atoms with Crippen LogP contribution in [0.1, 0.15) is 0 Å². The summed E-state index contributed by atoms with van der Waals surface area (Å²) in [5.74, 6) is 0. The quantitative estimate of drug-likeness (QED) is 0.139. The maximum absolute atomic E-state index is 2.44. The molecule has 11 aromatic rings. The minimum Gasteiger partial charge on any atom is -0.310 e. The Hall–Kier alpha value is -8.00. The van der Waals surface area contributed by atoms with Gasteiger partial charge in [-0.3, -0.25) is 0 Å². The number of fused-ring (bicyclic) bond motifs is 6. The molecular formula is C60H41N. The summed E-state index contributed by atoms with van der Waals surface area (Å²) in [6, 6.07) is 90.6.